The second-order valence-corrected chi connectivity index (χ2v) is 40.9. The first-order valence-electron chi connectivity index (χ1n) is 36.2. The predicted octanol–water partition coefficient (Wildman–Crippen LogP) is 16.3. The van der Waals surface area contributed by atoms with Crippen LogP contribution in [0.25, 0.3) is 0 Å². The fourth-order valence-electron chi connectivity index (χ4n) is 12.1. The van der Waals surface area contributed by atoms with E-state index >= 15 is 0 Å². The molecular weight excluding hydrogens is 1380 g/mol. The summed E-state index contributed by atoms with van der Waals surface area (Å²) in [5.74, 6) is -1.64. The SMILES string of the molecule is CO[C@@]1(c2ccc(Cl)c(Cc3ccc(OCCOC4CC4)cc3)c2)O[C@H](CO[Si](C)(C)C(C)(C)C)[C@@H](O)[C@H](O)[C@H]1O.CO[C@@]1(c2ccc(Cl)c(Cc3ccc(OCCOC4CC4)cc3)c2)O[C@H](CO[Si](C)(C)C(C)(C)C)[C@@H](OCc2ccccc2)[C@H](OCc2ccccc2)[C@H]1OCc1ccccc1. The molecule has 0 aromatic heterocycles. The lowest BCUT2D eigenvalue weighted by Crippen LogP contribution is -2.66. The van der Waals surface area contributed by atoms with Crippen LogP contribution in [0, 0.1) is 0 Å². The van der Waals surface area contributed by atoms with E-state index in [1.165, 1.54) is 7.11 Å². The number of hydrogen-bond donors (Lipinski definition) is 3. The van der Waals surface area contributed by atoms with Gasteiger partial charge in [-0.15, -0.1) is 0 Å². The molecule has 2 aliphatic carbocycles. The molecule has 16 nitrogen and oxygen atoms in total. The standard InChI is InChI=1S/C52H63ClO8Si.C31H45ClO8Si/c1-51(2,3)62(5,6)60-37-47-48(57-34-39-16-10-7-11-17-39)49(58-35-40-18-12-8-13-19-40)50(59-36-41-20-14-9-15-21-41)52(54-4,61-47)43-24-29-46(53)42(33-43)32-38-22-25-44(26-23-38)55-30-31-56-45-27-28-45;1-30(2,3)41(5,6)39-19-26-27(33)28(34)29(35)31(36-4,40-26)22-9-14-25(32)21(18-22)17-20-7-10-23(11-8-20)37-15-16-38-24-12-13-24/h7-26,29,33,45,47-50H,27-28,30-32,34-37H2,1-6H3;7-11,14,18,24,26-29,33-35H,12-13,15-17,19H2,1-6H3/t47-,48-,49+,50-,52+;26-,27-,28+,29-,31+/m11/s1. The summed E-state index contributed by atoms with van der Waals surface area (Å²) >= 11 is 13.6. The van der Waals surface area contributed by atoms with Crippen molar-refractivity contribution in [3.05, 3.63) is 236 Å². The van der Waals surface area contributed by atoms with E-state index in [4.69, 9.17) is 84.2 Å². The molecule has 20 heteroatoms. The van der Waals surface area contributed by atoms with Gasteiger partial charge < -0.3 is 76.3 Å². The third-order valence-corrected chi connectivity index (χ3v) is 30.5. The first-order chi connectivity index (χ1) is 49.2. The van der Waals surface area contributed by atoms with Gasteiger partial charge in [0.15, 0.2) is 16.6 Å². The fourth-order valence-corrected chi connectivity index (χ4v) is 14.5. The molecule has 11 rings (SSSR count). The molecule has 2 aliphatic heterocycles. The van der Waals surface area contributed by atoms with Gasteiger partial charge in [0, 0.05) is 35.4 Å². The lowest BCUT2D eigenvalue weighted by atomic mass is 9.86. The number of aliphatic hydroxyl groups is 3. The summed E-state index contributed by atoms with van der Waals surface area (Å²) in [6, 6.07) is 57.6. The highest BCUT2D eigenvalue weighted by molar-refractivity contribution is 6.74. The van der Waals surface area contributed by atoms with Crippen LogP contribution in [0.3, 0.4) is 0 Å². The van der Waals surface area contributed by atoms with Crippen LogP contribution in [0.2, 0.25) is 46.3 Å². The van der Waals surface area contributed by atoms with Gasteiger partial charge in [-0.2, -0.15) is 0 Å². The summed E-state index contributed by atoms with van der Waals surface area (Å²) in [4.78, 5) is 0. The van der Waals surface area contributed by atoms with Crippen molar-refractivity contribution in [3.63, 3.8) is 0 Å². The lowest BCUT2D eigenvalue weighted by molar-refractivity contribution is -0.384. The van der Waals surface area contributed by atoms with Gasteiger partial charge in [-0.25, -0.2) is 0 Å². The maximum absolute atomic E-state index is 11.1. The predicted molar refractivity (Wildman–Crippen MR) is 407 cm³/mol. The van der Waals surface area contributed by atoms with Gasteiger partial charge in [-0.1, -0.05) is 192 Å². The smallest absolute Gasteiger partial charge is 0.225 e. The fraction of sp³-hybridized carbons (Fsp3) is 0.494. The van der Waals surface area contributed by atoms with Crippen LogP contribution in [0.5, 0.6) is 11.5 Å². The molecule has 10 atom stereocenters. The summed E-state index contributed by atoms with van der Waals surface area (Å²) in [7, 11) is -1.37. The molecule has 4 aliphatic rings. The number of ether oxygens (including phenoxy) is 11. The second-order valence-electron chi connectivity index (χ2n) is 30.5. The Kier molecular flexibility index (Phi) is 28.0. The molecule has 103 heavy (non-hydrogen) atoms. The largest absolute Gasteiger partial charge is 0.491 e. The first kappa shape index (κ1) is 80.1. The number of rotatable bonds is 33. The summed E-state index contributed by atoms with van der Waals surface area (Å²) in [6.45, 7) is 25.2. The van der Waals surface area contributed by atoms with Gasteiger partial charge in [0.25, 0.3) is 0 Å². The van der Waals surface area contributed by atoms with E-state index in [1.54, 1.807) is 19.2 Å². The zero-order valence-electron chi connectivity index (χ0n) is 62.0. The molecule has 7 aromatic carbocycles. The molecule has 0 unspecified atom stereocenters. The number of methoxy groups -OCH3 is 2. The Labute approximate surface area is 622 Å². The molecule has 2 heterocycles. The van der Waals surface area contributed by atoms with Crippen molar-refractivity contribution in [2.24, 2.45) is 0 Å². The Morgan fingerprint density at radius 3 is 1.23 bits per heavy atom. The molecule has 0 amide bonds. The molecule has 0 bridgehead atoms. The third-order valence-electron chi connectivity index (χ3n) is 20.7. The molecule has 2 saturated carbocycles. The minimum Gasteiger partial charge on any atom is -0.491 e. The molecule has 0 spiro atoms. The Hall–Kier alpha value is -5.41. The van der Waals surface area contributed by atoms with E-state index in [9.17, 15) is 15.3 Å². The number of halogens is 2. The highest BCUT2D eigenvalue weighted by Crippen LogP contribution is 2.47. The topological polar surface area (TPSA) is 181 Å². The molecule has 3 N–H and O–H groups in total. The summed E-state index contributed by atoms with van der Waals surface area (Å²) in [5.41, 5.74) is 8.09. The van der Waals surface area contributed by atoms with Crippen LogP contribution in [-0.2, 0) is 95.7 Å². The van der Waals surface area contributed by atoms with E-state index in [2.05, 4.69) is 122 Å². The zero-order chi connectivity index (χ0) is 73.6. The molecule has 558 valence electrons. The van der Waals surface area contributed by atoms with E-state index in [1.807, 2.05) is 109 Å². The van der Waals surface area contributed by atoms with E-state index in [0.29, 0.717) is 80.3 Å². The van der Waals surface area contributed by atoms with Crippen molar-refractivity contribution in [2.45, 2.75) is 209 Å². The van der Waals surface area contributed by atoms with Crippen molar-refractivity contribution in [2.75, 3.05) is 53.9 Å². The quantitative estimate of drug-likeness (QED) is 0.0261. The van der Waals surface area contributed by atoms with Gasteiger partial charge in [0.1, 0.15) is 73.5 Å². The van der Waals surface area contributed by atoms with E-state index < -0.39 is 77.0 Å². The normalized spacial score (nSPS) is 23.9. The van der Waals surface area contributed by atoms with Crippen molar-refractivity contribution >= 4 is 39.8 Å². The molecule has 4 fully saturated rings. The lowest BCUT2D eigenvalue weighted by Gasteiger charge is -2.52. The highest BCUT2D eigenvalue weighted by Gasteiger charge is 2.60. The average molecular weight is 1490 g/mol. The number of hydrogen-bond acceptors (Lipinski definition) is 16. The number of benzene rings is 7. The van der Waals surface area contributed by atoms with Crippen LogP contribution < -0.4 is 9.47 Å². The Morgan fingerprint density at radius 1 is 0.437 bits per heavy atom. The van der Waals surface area contributed by atoms with Gasteiger partial charge in [0.2, 0.25) is 11.6 Å². The minimum absolute atomic E-state index is 0.0369. The van der Waals surface area contributed by atoms with Crippen molar-refractivity contribution in [1.29, 1.82) is 0 Å². The maximum Gasteiger partial charge on any atom is 0.225 e. The highest BCUT2D eigenvalue weighted by atomic mass is 35.5. The van der Waals surface area contributed by atoms with Crippen molar-refractivity contribution < 1.29 is 76.3 Å². The molecular formula is C83H108Cl2O16Si2. The summed E-state index contributed by atoms with van der Waals surface area (Å²) < 4.78 is 83.7. The van der Waals surface area contributed by atoms with E-state index in [0.717, 1.165) is 81.7 Å². The third kappa shape index (κ3) is 21.3. The van der Waals surface area contributed by atoms with Gasteiger partial charge in [-0.05, 0) is 162 Å². The summed E-state index contributed by atoms with van der Waals surface area (Å²) in [5, 5.41) is 33.9. The Morgan fingerprint density at radius 2 is 0.825 bits per heavy atom. The minimum atomic E-state index is -2.27. The van der Waals surface area contributed by atoms with Gasteiger partial charge in [0.05, 0.1) is 58.5 Å². The van der Waals surface area contributed by atoms with Crippen LogP contribution in [0.15, 0.2) is 176 Å². The van der Waals surface area contributed by atoms with Crippen molar-refractivity contribution in [1.82, 2.24) is 0 Å². The van der Waals surface area contributed by atoms with Gasteiger partial charge >= 0.3 is 0 Å². The first-order valence-corrected chi connectivity index (χ1v) is 42.8. The Bertz CT molecular complexity index is 3720. The summed E-state index contributed by atoms with van der Waals surface area (Å²) in [6.07, 6.45) is -1.58. The van der Waals surface area contributed by atoms with Crippen LogP contribution >= 0.6 is 23.2 Å². The molecule has 2 saturated heterocycles. The van der Waals surface area contributed by atoms with Crippen LogP contribution in [-0.4, -0.2) is 147 Å². The van der Waals surface area contributed by atoms with Crippen LogP contribution in [0.1, 0.15) is 117 Å². The van der Waals surface area contributed by atoms with Gasteiger partial charge in [-0.3, -0.25) is 0 Å². The van der Waals surface area contributed by atoms with Crippen molar-refractivity contribution in [3.8, 4) is 11.5 Å². The molecule has 7 aromatic rings. The zero-order valence-corrected chi connectivity index (χ0v) is 65.5. The Balaban J connectivity index is 0.000000241. The average Bonchev–Trinajstić information content (AvgIpc) is 1.01. The monoisotopic (exact) mass is 1490 g/mol. The van der Waals surface area contributed by atoms with Crippen LogP contribution in [0.4, 0.5) is 0 Å². The molecule has 0 radical (unpaired) electrons. The van der Waals surface area contributed by atoms with E-state index in [-0.39, 0.29) is 29.9 Å². The second kappa shape index (κ2) is 36.0. The number of aliphatic hydroxyl groups excluding tert-OH is 3. The maximum atomic E-state index is 11.1.